The van der Waals surface area contributed by atoms with Gasteiger partial charge in [-0.1, -0.05) is 13.8 Å². The molecule has 1 fully saturated rings. The van der Waals surface area contributed by atoms with Gasteiger partial charge in [-0.25, -0.2) is 0 Å². The molecule has 0 aromatic heterocycles. The zero-order valence-electron chi connectivity index (χ0n) is 13.6. The molecule has 1 aliphatic heterocycles. The highest BCUT2D eigenvalue weighted by Crippen LogP contribution is 2.30. The Morgan fingerprint density at radius 1 is 1.30 bits per heavy atom. The summed E-state index contributed by atoms with van der Waals surface area (Å²) in [4.78, 5) is 14.6. The molecule has 5 heteroatoms. The van der Waals surface area contributed by atoms with Gasteiger partial charge in [0.1, 0.15) is 5.54 Å². The highest BCUT2D eigenvalue weighted by atomic mass is 16.5. The molecule has 0 amide bonds. The molecule has 0 spiro atoms. The van der Waals surface area contributed by atoms with E-state index in [1.165, 1.54) is 7.11 Å². The van der Waals surface area contributed by atoms with Crippen LogP contribution in [0.4, 0.5) is 0 Å². The fourth-order valence-electron chi connectivity index (χ4n) is 3.13. The summed E-state index contributed by atoms with van der Waals surface area (Å²) in [7, 11) is 1.46. The second-order valence-electron chi connectivity index (χ2n) is 5.69. The summed E-state index contributed by atoms with van der Waals surface area (Å²) < 4.78 is 10.8. The molecule has 0 aromatic carbocycles. The Morgan fingerprint density at radius 2 is 1.85 bits per heavy atom. The third-order valence-electron chi connectivity index (χ3n) is 4.10. The minimum Gasteiger partial charge on any atom is -0.468 e. The lowest BCUT2D eigenvalue weighted by atomic mass is 9.84. The summed E-state index contributed by atoms with van der Waals surface area (Å²) in [5, 5.41) is 3.45. The smallest absolute Gasteiger partial charge is 0.326 e. The lowest BCUT2D eigenvalue weighted by molar-refractivity contribution is -0.159. The van der Waals surface area contributed by atoms with Crippen LogP contribution < -0.4 is 5.32 Å². The SMILES string of the molecule is CCN(CC)CCNC1(C(=O)OC)CC(C)OC(C)C1. The first kappa shape index (κ1) is 17.4. The standard InChI is InChI=1S/C15H30N2O3/c1-6-17(7-2)9-8-16-15(14(18)19-5)10-12(3)20-13(4)11-15/h12-13,16H,6-11H2,1-5H3. The van der Waals surface area contributed by atoms with Gasteiger partial charge in [-0.05, 0) is 26.9 Å². The van der Waals surface area contributed by atoms with Crippen LogP contribution in [0.3, 0.4) is 0 Å². The number of methoxy groups -OCH3 is 1. The number of hydrogen-bond donors (Lipinski definition) is 1. The topological polar surface area (TPSA) is 50.8 Å². The molecule has 0 aromatic rings. The van der Waals surface area contributed by atoms with Gasteiger partial charge in [0.25, 0.3) is 0 Å². The first-order valence-corrected chi connectivity index (χ1v) is 7.68. The van der Waals surface area contributed by atoms with Gasteiger partial charge in [0.05, 0.1) is 19.3 Å². The number of nitrogens with zero attached hydrogens (tertiary/aromatic N) is 1. The highest BCUT2D eigenvalue weighted by molar-refractivity contribution is 5.81. The number of hydrogen-bond acceptors (Lipinski definition) is 5. The van der Waals surface area contributed by atoms with Crippen LogP contribution in [0.5, 0.6) is 0 Å². The summed E-state index contributed by atoms with van der Waals surface area (Å²) in [6.45, 7) is 12.1. The summed E-state index contributed by atoms with van der Waals surface area (Å²) in [5.41, 5.74) is -0.598. The van der Waals surface area contributed by atoms with E-state index in [9.17, 15) is 4.79 Å². The fourth-order valence-corrected chi connectivity index (χ4v) is 3.13. The van der Waals surface area contributed by atoms with Crippen LogP contribution in [0.25, 0.3) is 0 Å². The largest absolute Gasteiger partial charge is 0.468 e. The zero-order chi connectivity index (χ0) is 15.2. The quantitative estimate of drug-likeness (QED) is 0.717. The van der Waals surface area contributed by atoms with Gasteiger partial charge in [0.15, 0.2) is 0 Å². The average molecular weight is 286 g/mol. The zero-order valence-corrected chi connectivity index (χ0v) is 13.6. The van der Waals surface area contributed by atoms with Crippen molar-refractivity contribution < 1.29 is 14.3 Å². The number of rotatable bonds is 7. The average Bonchev–Trinajstić information content (AvgIpc) is 2.41. The molecule has 5 nitrogen and oxygen atoms in total. The van der Waals surface area contributed by atoms with Crippen LogP contribution in [-0.2, 0) is 14.3 Å². The van der Waals surface area contributed by atoms with E-state index in [-0.39, 0.29) is 18.2 Å². The Balaban J connectivity index is 2.67. The van der Waals surface area contributed by atoms with Gasteiger partial charge >= 0.3 is 5.97 Å². The lowest BCUT2D eigenvalue weighted by Gasteiger charge is -2.41. The molecule has 1 aliphatic rings. The molecule has 0 saturated carbocycles. The van der Waals surface area contributed by atoms with Crippen LogP contribution >= 0.6 is 0 Å². The van der Waals surface area contributed by atoms with Crippen LogP contribution in [0.2, 0.25) is 0 Å². The van der Waals surface area contributed by atoms with Crippen LogP contribution in [0.1, 0.15) is 40.5 Å². The van der Waals surface area contributed by atoms with E-state index in [2.05, 4.69) is 24.1 Å². The number of nitrogens with one attached hydrogen (secondary N) is 1. The van der Waals surface area contributed by atoms with E-state index in [1.807, 2.05) is 13.8 Å². The van der Waals surface area contributed by atoms with Crippen molar-refractivity contribution in [2.24, 2.45) is 0 Å². The van der Waals surface area contributed by atoms with Gasteiger partial charge < -0.3 is 19.7 Å². The maximum Gasteiger partial charge on any atom is 0.326 e. The van der Waals surface area contributed by atoms with Crippen molar-refractivity contribution in [3.8, 4) is 0 Å². The predicted octanol–water partition coefficient (Wildman–Crippen LogP) is 1.42. The van der Waals surface area contributed by atoms with Gasteiger partial charge in [-0.15, -0.1) is 0 Å². The van der Waals surface area contributed by atoms with Crippen molar-refractivity contribution in [2.75, 3.05) is 33.3 Å². The molecule has 0 radical (unpaired) electrons. The molecule has 20 heavy (non-hydrogen) atoms. The Bertz CT molecular complexity index is 295. The van der Waals surface area contributed by atoms with E-state index in [4.69, 9.17) is 9.47 Å². The van der Waals surface area contributed by atoms with Crippen molar-refractivity contribution in [1.29, 1.82) is 0 Å². The van der Waals surface area contributed by atoms with E-state index in [0.29, 0.717) is 12.8 Å². The molecule has 1 N–H and O–H groups in total. The number of carbonyl (C=O) groups is 1. The monoisotopic (exact) mass is 286 g/mol. The van der Waals surface area contributed by atoms with Gasteiger partial charge in [0, 0.05) is 25.9 Å². The van der Waals surface area contributed by atoms with Crippen molar-refractivity contribution in [2.45, 2.75) is 58.3 Å². The Hall–Kier alpha value is -0.650. The van der Waals surface area contributed by atoms with Crippen LogP contribution in [0.15, 0.2) is 0 Å². The number of esters is 1. The van der Waals surface area contributed by atoms with Crippen molar-refractivity contribution in [1.82, 2.24) is 10.2 Å². The van der Waals surface area contributed by atoms with E-state index >= 15 is 0 Å². The maximum atomic E-state index is 12.2. The molecule has 118 valence electrons. The normalized spacial score (nSPS) is 30.5. The molecule has 2 atom stereocenters. The highest BCUT2D eigenvalue weighted by Gasteiger charge is 2.45. The third-order valence-corrected chi connectivity index (χ3v) is 4.10. The van der Waals surface area contributed by atoms with Gasteiger partial charge in [-0.2, -0.15) is 0 Å². The predicted molar refractivity (Wildman–Crippen MR) is 79.8 cm³/mol. The summed E-state index contributed by atoms with van der Waals surface area (Å²) in [5.74, 6) is -0.168. The molecule has 1 rings (SSSR count). The Morgan fingerprint density at radius 3 is 2.30 bits per heavy atom. The maximum absolute atomic E-state index is 12.2. The minimum atomic E-state index is -0.598. The first-order valence-electron chi connectivity index (χ1n) is 7.68. The molecule has 2 unspecified atom stereocenters. The molecule has 1 saturated heterocycles. The molecule has 0 aliphatic carbocycles. The second-order valence-corrected chi connectivity index (χ2v) is 5.69. The summed E-state index contributed by atoms with van der Waals surface area (Å²) in [6, 6.07) is 0. The van der Waals surface area contributed by atoms with Crippen molar-refractivity contribution >= 4 is 5.97 Å². The molecular weight excluding hydrogens is 256 g/mol. The van der Waals surface area contributed by atoms with Crippen molar-refractivity contribution in [3.63, 3.8) is 0 Å². The number of carbonyl (C=O) groups excluding carboxylic acids is 1. The van der Waals surface area contributed by atoms with Crippen LogP contribution in [-0.4, -0.2) is 61.9 Å². The summed E-state index contributed by atoms with van der Waals surface area (Å²) >= 11 is 0. The fraction of sp³-hybridized carbons (Fsp3) is 0.933. The second kappa shape index (κ2) is 7.96. The summed E-state index contributed by atoms with van der Waals surface area (Å²) in [6.07, 6.45) is 1.47. The number of likely N-dealkylation sites (N-methyl/N-ethyl adjacent to an activating group) is 1. The molecule has 1 heterocycles. The van der Waals surface area contributed by atoms with Crippen LogP contribution in [0, 0.1) is 0 Å². The van der Waals surface area contributed by atoms with E-state index < -0.39 is 5.54 Å². The molecular formula is C15H30N2O3. The minimum absolute atomic E-state index is 0.0683. The lowest BCUT2D eigenvalue weighted by Crippen LogP contribution is -2.60. The van der Waals surface area contributed by atoms with E-state index in [0.717, 1.165) is 26.2 Å². The van der Waals surface area contributed by atoms with Gasteiger partial charge in [0.2, 0.25) is 0 Å². The number of ether oxygens (including phenoxy) is 2. The Labute approximate surface area is 123 Å². The Kier molecular flexibility index (Phi) is 6.92. The third kappa shape index (κ3) is 4.43. The molecule has 0 bridgehead atoms. The van der Waals surface area contributed by atoms with Crippen molar-refractivity contribution in [3.05, 3.63) is 0 Å². The first-order chi connectivity index (χ1) is 9.47. The van der Waals surface area contributed by atoms with E-state index in [1.54, 1.807) is 0 Å². The van der Waals surface area contributed by atoms with Gasteiger partial charge in [-0.3, -0.25) is 4.79 Å².